The molecule has 0 amide bonds. The molecule has 242 valence electrons. The van der Waals surface area contributed by atoms with Crippen molar-refractivity contribution in [1.29, 1.82) is 0 Å². The van der Waals surface area contributed by atoms with Gasteiger partial charge >= 0.3 is 0 Å². The van der Waals surface area contributed by atoms with E-state index in [1.54, 1.807) is 17.5 Å². The number of hydrogen-bond acceptors (Lipinski definition) is 11. The van der Waals surface area contributed by atoms with Crippen LogP contribution in [0.3, 0.4) is 0 Å². The molecule has 7 rings (SSSR count). The van der Waals surface area contributed by atoms with Gasteiger partial charge in [-0.2, -0.15) is 0 Å². The van der Waals surface area contributed by atoms with E-state index in [-0.39, 0.29) is 10.8 Å². The summed E-state index contributed by atoms with van der Waals surface area (Å²) in [4.78, 5) is 24.7. The first-order chi connectivity index (χ1) is 22.9. The number of hydrogen-bond donors (Lipinski definition) is 2. The fourth-order valence-corrected chi connectivity index (χ4v) is 7.39. The van der Waals surface area contributed by atoms with Crippen LogP contribution in [0, 0.1) is 11.6 Å². The van der Waals surface area contributed by atoms with Crippen molar-refractivity contribution in [1.82, 2.24) is 24.8 Å². The third-order valence-electron chi connectivity index (χ3n) is 8.12. The average molecular weight is 673 g/mol. The van der Waals surface area contributed by atoms with E-state index in [2.05, 4.69) is 38.7 Å². The van der Waals surface area contributed by atoms with Crippen molar-refractivity contribution in [2.45, 2.75) is 30.7 Å². The maximum atomic E-state index is 14.2. The first kappa shape index (κ1) is 31.4. The number of nitrogens with zero attached hydrogens (tertiary/aromatic N) is 6. The Hall–Kier alpha value is -4.17. The zero-order valence-corrected chi connectivity index (χ0v) is 27.6. The lowest BCUT2D eigenvalue weighted by Gasteiger charge is -2.44. The lowest BCUT2D eigenvalue weighted by molar-refractivity contribution is -0.0117. The van der Waals surface area contributed by atoms with Gasteiger partial charge < -0.3 is 19.7 Å². The topological polar surface area (TPSA) is 91.3 Å². The SMILES string of the molecule is CC(C)c1nc(-c2cccc(NSc3c(F)cccc3F)c2)c(-c2ccnc(Nc3ccc(N4CCN5CCOCC5C4)nc3)n2)s1. The van der Waals surface area contributed by atoms with Crippen LogP contribution in [0.15, 0.2) is 78.0 Å². The average Bonchev–Trinajstić information content (AvgIpc) is 3.55. The molecule has 2 fully saturated rings. The van der Waals surface area contributed by atoms with Gasteiger partial charge in [0.05, 0.1) is 57.3 Å². The Morgan fingerprint density at radius 2 is 1.81 bits per heavy atom. The van der Waals surface area contributed by atoms with E-state index < -0.39 is 11.6 Å². The van der Waals surface area contributed by atoms with E-state index in [0.717, 1.165) is 89.7 Å². The van der Waals surface area contributed by atoms with Gasteiger partial charge in [0.1, 0.15) is 17.5 Å². The quantitative estimate of drug-likeness (QED) is 0.154. The van der Waals surface area contributed by atoms with E-state index in [1.807, 2.05) is 48.7 Å². The lowest BCUT2D eigenvalue weighted by Crippen LogP contribution is -2.58. The van der Waals surface area contributed by atoms with Gasteiger partial charge in [-0.15, -0.1) is 11.3 Å². The van der Waals surface area contributed by atoms with Gasteiger partial charge in [-0.1, -0.05) is 32.0 Å². The number of rotatable bonds is 9. The van der Waals surface area contributed by atoms with Crippen molar-refractivity contribution in [2.24, 2.45) is 0 Å². The molecule has 5 aromatic rings. The predicted molar refractivity (Wildman–Crippen MR) is 184 cm³/mol. The largest absolute Gasteiger partial charge is 0.378 e. The van der Waals surface area contributed by atoms with Crippen molar-refractivity contribution in [3.8, 4) is 21.8 Å². The molecule has 2 saturated heterocycles. The highest BCUT2D eigenvalue weighted by Crippen LogP contribution is 2.40. The van der Waals surface area contributed by atoms with Gasteiger partial charge in [0.15, 0.2) is 0 Å². The highest BCUT2D eigenvalue weighted by atomic mass is 32.2. The number of fused-ring (bicyclic) bond motifs is 1. The molecular formula is C34H34F2N8OS2. The van der Waals surface area contributed by atoms with Gasteiger partial charge in [0.25, 0.3) is 0 Å². The highest BCUT2D eigenvalue weighted by molar-refractivity contribution is 8.00. The standard InChI is InChI=1S/C34H34F2N8OS2/c1-21(2)33-41-30(22-5-3-6-23(17-22)42-47-31-26(35)7-4-8-27(31)36)32(46-33)28-11-12-37-34(40-28)39-24-9-10-29(38-18-24)44-14-13-43-15-16-45-20-25(43)19-44/h3-12,17-18,21,25,42H,13-16,19-20H2,1-2H3,(H,37,39,40). The molecule has 1 unspecified atom stereocenters. The van der Waals surface area contributed by atoms with E-state index in [4.69, 9.17) is 19.7 Å². The first-order valence-corrected chi connectivity index (χ1v) is 17.2. The molecule has 13 heteroatoms. The van der Waals surface area contributed by atoms with E-state index in [1.165, 1.54) is 18.2 Å². The Kier molecular flexibility index (Phi) is 9.30. The fourth-order valence-electron chi connectivity index (χ4n) is 5.65. The molecule has 3 aromatic heterocycles. The summed E-state index contributed by atoms with van der Waals surface area (Å²) in [7, 11) is 0. The molecule has 2 aromatic carbocycles. The zero-order chi connectivity index (χ0) is 32.3. The summed E-state index contributed by atoms with van der Waals surface area (Å²) >= 11 is 2.49. The van der Waals surface area contributed by atoms with Gasteiger partial charge in [-0.25, -0.2) is 28.7 Å². The van der Waals surface area contributed by atoms with Crippen LogP contribution in [0.2, 0.25) is 0 Å². The Bertz CT molecular complexity index is 1830. The third kappa shape index (κ3) is 7.08. The minimum atomic E-state index is -0.616. The van der Waals surface area contributed by atoms with E-state index in [0.29, 0.717) is 17.7 Å². The van der Waals surface area contributed by atoms with Crippen LogP contribution in [0.25, 0.3) is 21.8 Å². The van der Waals surface area contributed by atoms with Crippen LogP contribution in [-0.4, -0.2) is 70.3 Å². The normalized spacial score (nSPS) is 16.7. The molecule has 0 saturated carbocycles. The second kappa shape index (κ2) is 13.9. The van der Waals surface area contributed by atoms with Crippen LogP contribution in [0.4, 0.5) is 31.9 Å². The number of pyridine rings is 1. The summed E-state index contributed by atoms with van der Waals surface area (Å²) in [5, 5.41) is 4.28. The number of ether oxygens (including phenoxy) is 1. The molecule has 2 aliphatic rings. The van der Waals surface area contributed by atoms with Crippen molar-refractivity contribution >= 4 is 46.4 Å². The number of aromatic nitrogens is 4. The number of nitrogens with one attached hydrogen (secondary N) is 2. The fraction of sp³-hybridized carbons (Fsp3) is 0.294. The maximum Gasteiger partial charge on any atom is 0.227 e. The van der Waals surface area contributed by atoms with Gasteiger partial charge in [-0.3, -0.25) is 4.90 Å². The van der Waals surface area contributed by atoms with Gasteiger partial charge in [0, 0.05) is 49.5 Å². The summed E-state index contributed by atoms with van der Waals surface area (Å²) in [5.41, 5.74) is 3.86. The van der Waals surface area contributed by atoms with Crippen molar-refractivity contribution < 1.29 is 13.5 Å². The predicted octanol–water partition coefficient (Wildman–Crippen LogP) is 7.45. The molecule has 1 atom stereocenters. The summed E-state index contributed by atoms with van der Waals surface area (Å²) in [6.07, 6.45) is 3.54. The molecule has 2 aliphatic heterocycles. The van der Waals surface area contributed by atoms with Crippen LogP contribution >= 0.6 is 23.3 Å². The van der Waals surface area contributed by atoms with Crippen LogP contribution in [0.5, 0.6) is 0 Å². The Labute approximate surface area is 280 Å². The second-order valence-electron chi connectivity index (χ2n) is 11.7. The zero-order valence-electron chi connectivity index (χ0n) is 26.0. The van der Waals surface area contributed by atoms with Crippen molar-refractivity contribution in [3.63, 3.8) is 0 Å². The highest BCUT2D eigenvalue weighted by Gasteiger charge is 2.30. The van der Waals surface area contributed by atoms with Gasteiger partial charge in [-0.05, 0) is 54.4 Å². The Morgan fingerprint density at radius 3 is 2.62 bits per heavy atom. The molecule has 0 radical (unpaired) electrons. The Morgan fingerprint density at radius 1 is 0.957 bits per heavy atom. The van der Waals surface area contributed by atoms with Crippen molar-refractivity contribution in [2.75, 3.05) is 54.3 Å². The number of benzene rings is 2. The molecular weight excluding hydrogens is 639 g/mol. The van der Waals surface area contributed by atoms with Crippen LogP contribution in [-0.2, 0) is 4.74 Å². The molecule has 0 bridgehead atoms. The van der Waals surface area contributed by atoms with Gasteiger partial charge in [0.2, 0.25) is 5.95 Å². The lowest BCUT2D eigenvalue weighted by atomic mass is 10.1. The van der Waals surface area contributed by atoms with Crippen LogP contribution in [0.1, 0.15) is 24.8 Å². The number of morpholine rings is 1. The molecule has 9 nitrogen and oxygen atoms in total. The van der Waals surface area contributed by atoms with Crippen molar-refractivity contribution in [3.05, 3.63) is 89.7 Å². The number of thiazole rings is 1. The minimum absolute atomic E-state index is 0.0856. The van der Waals surface area contributed by atoms with E-state index >= 15 is 0 Å². The monoisotopic (exact) mass is 672 g/mol. The summed E-state index contributed by atoms with van der Waals surface area (Å²) in [6, 6.07) is 17.8. The molecule has 5 heterocycles. The van der Waals surface area contributed by atoms with Crippen LogP contribution < -0.4 is 14.9 Å². The number of anilines is 4. The Balaban J connectivity index is 1.09. The molecule has 2 N–H and O–H groups in total. The molecule has 47 heavy (non-hydrogen) atoms. The minimum Gasteiger partial charge on any atom is -0.378 e. The van der Waals surface area contributed by atoms with E-state index in [9.17, 15) is 8.78 Å². The number of piperazine rings is 1. The smallest absolute Gasteiger partial charge is 0.227 e. The first-order valence-electron chi connectivity index (χ1n) is 15.5. The summed E-state index contributed by atoms with van der Waals surface area (Å²) < 4.78 is 37.2. The molecule has 0 spiro atoms. The summed E-state index contributed by atoms with van der Waals surface area (Å²) in [6.45, 7) is 9.66. The molecule has 0 aliphatic carbocycles. The number of halogens is 2. The maximum absolute atomic E-state index is 14.2. The third-order valence-corrected chi connectivity index (χ3v) is 10.4. The summed E-state index contributed by atoms with van der Waals surface area (Å²) in [5.74, 6) is 0.380. The second-order valence-corrected chi connectivity index (χ2v) is 13.6.